The molecule has 27 heavy (non-hydrogen) atoms. The Morgan fingerprint density at radius 3 is 2.33 bits per heavy atom. The van der Waals surface area contributed by atoms with E-state index < -0.39 is 39.6 Å². The lowest BCUT2D eigenvalue weighted by Crippen LogP contribution is -2.13. The lowest BCUT2D eigenvalue weighted by atomic mass is 10.0. The Morgan fingerprint density at radius 1 is 1.11 bits per heavy atom. The normalized spacial score (nSPS) is 19.4. The average Bonchev–Trinajstić information content (AvgIpc) is 3.35. The highest BCUT2D eigenvalue weighted by Gasteiger charge is 2.48. The van der Waals surface area contributed by atoms with Crippen molar-refractivity contribution in [3.63, 3.8) is 0 Å². The van der Waals surface area contributed by atoms with Gasteiger partial charge in [0.1, 0.15) is 5.75 Å². The molecule has 0 bridgehead atoms. The standard InChI is InChI=1S/C18H16F3NO4S/c1-27(24,25)22-11-6-8-12(9-7-11)26-17(23)15-10-14(15)13-4-2-3-5-16(13)18(19,20)21/h2-9,14-15,22H,10H2,1H3. The Kier molecular flexibility index (Phi) is 4.90. The minimum atomic E-state index is -4.48. The quantitative estimate of drug-likeness (QED) is 0.613. The van der Waals surface area contributed by atoms with Crippen LogP contribution in [0.25, 0.3) is 0 Å². The Hall–Kier alpha value is -2.55. The molecule has 1 aliphatic carbocycles. The van der Waals surface area contributed by atoms with Crippen LogP contribution in [0.5, 0.6) is 5.75 Å². The monoisotopic (exact) mass is 399 g/mol. The smallest absolute Gasteiger partial charge is 0.416 e. The Morgan fingerprint density at radius 2 is 1.74 bits per heavy atom. The molecule has 2 aromatic carbocycles. The van der Waals surface area contributed by atoms with E-state index >= 15 is 0 Å². The van der Waals surface area contributed by atoms with Crippen LogP contribution in [0.3, 0.4) is 0 Å². The predicted octanol–water partition coefficient (Wildman–Crippen LogP) is 3.79. The summed E-state index contributed by atoms with van der Waals surface area (Å²) >= 11 is 0. The van der Waals surface area contributed by atoms with Gasteiger partial charge in [-0.15, -0.1) is 0 Å². The van der Waals surface area contributed by atoms with E-state index in [1.807, 2.05) is 0 Å². The molecule has 1 aliphatic rings. The number of carbonyl (C=O) groups is 1. The zero-order valence-corrected chi connectivity index (χ0v) is 15.0. The summed E-state index contributed by atoms with van der Waals surface area (Å²) < 4.78 is 69.1. The zero-order valence-electron chi connectivity index (χ0n) is 14.2. The van der Waals surface area contributed by atoms with Crippen molar-refractivity contribution in [2.24, 2.45) is 5.92 Å². The molecule has 0 aromatic heterocycles. The third kappa shape index (κ3) is 4.79. The molecular formula is C18H16F3NO4S. The number of alkyl halides is 3. The zero-order chi connectivity index (χ0) is 19.8. The number of sulfonamides is 1. The van der Waals surface area contributed by atoms with Gasteiger partial charge in [-0.25, -0.2) is 8.42 Å². The minimum absolute atomic E-state index is 0.0969. The van der Waals surface area contributed by atoms with Gasteiger partial charge in [0, 0.05) is 5.69 Å². The molecule has 0 radical (unpaired) electrons. The molecule has 0 aliphatic heterocycles. The van der Waals surface area contributed by atoms with Gasteiger partial charge in [0.15, 0.2) is 0 Å². The number of hydrogen-bond acceptors (Lipinski definition) is 4. The first-order chi connectivity index (χ1) is 12.5. The first kappa shape index (κ1) is 19.2. The maximum absolute atomic E-state index is 13.1. The summed E-state index contributed by atoms with van der Waals surface area (Å²) in [5, 5.41) is 0. The summed E-state index contributed by atoms with van der Waals surface area (Å²) in [6, 6.07) is 10.9. The van der Waals surface area contributed by atoms with Crippen molar-refractivity contribution in [3.05, 3.63) is 59.7 Å². The molecule has 5 nitrogen and oxygen atoms in total. The maximum Gasteiger partial charge on any atom is 0.416 e. The Bertz CT molecular complexity index is 955. The van der Waals surface area contributed by atoms with E-state index in [1.165, 1.54) is 42.5 Å². The van der Waals surface area contributed by atoms with E-state index in [1.54, 1.807) is 0 Å². The van der Waals surface area contributed by atoms with Crippen molar-refractivity contribution in [1.82, 2.24) is 0 Å². The largest absolute Gasteiger partial charge is 0.426 e. The van der Waals surface area contributed by atoms with Crippen molar-refractivity contribution in [2.45, 2.75) is 18.5 Å². The van der Waals surface area contributed by atoms with Gasteiger partial charge < -0.3 is 4.74 Å². The second-order valence-corrected chi connectivity index (χ2v) is 8.10. The molecule has 2 unspecified atom stereocenters. The van der Waals surface area contributed by atoms with Crippen LogP contribution in [-0.2, 0) is 21.0 Å². The van der Waals surface area contributed by atoms with E-state index in [-0.39, 0.29) is 11.3 Å². The first-order valence-corrected chi connectivity index (χ1v) is 9.89. The van der Waals surface area contributed by atoms with Crippen LogP contribution in [-0.4, -0.2) is 20.6 Å². The Labute approximate surface area is 154 Å². The van der Waals surface area contributed by atoms with Crippen LogP contribution in [0.2, 0.25) is 0 Å². The molecule has 1 fully saturated rings. The topological polar surface area (TPSA) is 72.5 Å². The highest BCUT2D eigenvalue weighted by atomic mass is 32.2. The first-order valence-electron chi connectivity index (χ1n) is 8.00. The summed E-state index contributed by atoms with van der Waals surface area (Å²) in [5.74, 6) is -1.58. The second kappa shape index (κ2) is 6.88. The molecule has 0 heterocycles. The van der Waals surface area contributed by atoms with E-state index in [0.717, 1.165) is 12.3 Å². The van der Waals surface area contributed by atoms with Crippen molar-refractivity contribution in [2.75, 3.05) is 11.0 Å². The SMILES string of the molecule is CS(=O)(=O)Nc1ccc(OC(=O)C2CC2c2ccccc2C(F)(F)F)cc1. The molecular weight excluding hydrogens is 383 g/mol. The van der Waals surface area contributed by atoms with Crippen molar-refractivity contribution >= 4 is 21.7 Å². The molecule has 0 saturated heterocycles. The fourth-order valence-electron chi connectivity index (χ4n) is 2.87. The number of anilines is 1. The number of benzene rings is 2. The van der Waals surface area contributed by atoms with Gasteiger partial charge in [0.2, 0.25) is 10.0 Å². The van der Waals surface area contributed by atoms with Crippen LogP contribution >= 0.6 is 0 Å². The average molecular weight is 399 g/mol. The fourth-order valence-corrected chi connectivity index (χ4v) is 3.44. The molecule has 0 amide bonds. The lowest BCUT2D eigenvalue weighted by Gasteiger charge is -2.12. The third-order valence-electron chi connectivity index (χ3n) is 4.13. The van der Waals surface area contributed by atoms with Crippen molar-refractivity contribution < 1.29 is 31.1 Å². The maximum atomic E-state index is 13.1. The molecule has 1 saturated carbocycles. The highest BCUT2D eigenvalue weighted by molar-refractivity contribution is 7.92. The molecule has 3 rings (SSSR count). The van der Waals surface area contributed by atoms with Gasteiger partial charge in [-0.05, 0) is 48.2 Å². The van der Waals surface area contributed by atoms with Gasteiger partial charge in [-0.2, -0.15) is 13.2 Å². The van der Waals surface area contributed by atoms with E-state index in [4.69, 9.17) is 4.74 Å². The summed E-state index contributed by atoms with van der Waals surface area (Å²) in [7, 11) is -3.42. The third-order valence-corrected chi connectivity index (χ3v) is 4.74. The number of halogens is 3. The van der Waals surface area contributed by atoms with Crippen LogP contribution in [0.1, 0.15) is 23.5 Å². The molecule has 9 heteroatoms. The summed E-state index contributed by atoms with van der Waals surface area (Å²) in [5.41, 5.74) is -0.332. The molecule has 0 spiro atoms. The summed E-state index contributed by atoms with van der Waals surface area (Å²) in [6.07, 6.45) is -3.18. The van der Waals surface area contributed by atoms with Gasteiger partial charge in [0.05, 0.1) is 17.7 Å². The minimum Gasteiger partial charge on any atom is -0.426 e. The van der Waals surface area contributed by atoms with Gasteiger partial charge in [-0.3, -0.25) is 9.52 Å². The number of carbonyl (C=O) groups excluding carboxylic acids is 1. The lowest BCUT2D eigenvalue weighted by molar-refractivity contribution is -0.139. The predicted molar refractivity (Wildman–Crippen MR) is 92.8 cm³/mol. The molecule has 2 atom stereocenters. The number of rotatable bonds is 5. The highest BCUT2D eigenvalue weighted by Crippen LogP contribution is 2.51. The number of hydrogen-bond donors (Lipinski definition) is 1. The molecule has 144 valence electrons. The number of esters is 1. The Balaban J connectivity index is 1.66. The van der Waals surface area contributed by atoms with Crippen LogP contribution in [0, 0.1) is 5.92 Å². The second-order valence-electron chi connectivity index (χ2n) is 6.35. The van der Waals surface area contributed by atoms with Gasteiger partial charge in [-0.1, -0.05) is 18.2 Å². The van der Waals surface area contributed by atoms with E-state index in [0.29, 0.717) is 12.1 Å². The van der Waals surface area contributed by atoms with E-state index in [9.17, 15) is 26.4 Å². The number of nitrogens with one attached hydrogen (secondary N) is 1. The molecule has 1 N–H and O–H groups in total. The van der Waals surface area contributed by atoms with Crippen molar-refractivity contribution in [1.29, 1.82) is 0 Å². The fraction of sp³-hybridized carbons (Fsp3) is 0.278. The summed E-state index contributed by atoms with van der Waals surface area (Å²) in [6.45, 7) is 0. The van der Waals surface area contributed by atoms with Crippen LogP contribution in [0.4, 0.5) is 18.9 Å². The van der Waals surface area contributed by atoms with Crippen LogP contribution < -0.4 is 9.46 Å². The van der Waals surface area contributed by atoms with Gasteiger partial charge >= 0.3 is 12.1 Å². The van der Waals surface area contributed by atoms with Crippen molar-refractivity contribution in [3.8, 4) is 5.75 Å². The van der Waals surface area contributed by atoms with Crippen LogP contribution in [0.15, 0.2) is 48.5 Å². The van der Waals surface area contributed by atoms with E-state index in [2.05, 4.69) is 4.72 Å². The molecule has 2 aromatic rings. The number of ether oxygens (including phenoxy) is 1. The summed E-state index contributed by atoms with van der Waals surface area (Å²) in [4.78, 5) is 12.2. The van der Waals surface area contributed by atoms with Gasteiger partial charge in [0.25, 0.3) is 0 Å².